The fraction of sp³-hybridized carbons (Fsp3) is 0.333. The molecule has 0 amide bonds. The molecule has 0 heterocycles. The molecule has 0 atom stereocenters. The van der Waals surface area contributed by atoms with Gasteiger partial charge >= 0.3 is 8.80 Å². The van der Waals surface area contributed by atoms with Crippen molar-refractivity contribution in [3.05, 3.63) is 84.9 Å². The SMILES string of the molecule is CC(C)O[Si](OC(C)C)(OC(C)C)c1ccc(P(=O)(c2ccccc2)c2ccccc2)cc1. The predicted molar refractivity (Wildman–Crippen MR) is 140 cm³/mol. The van der Waals surface area contributed by atoms with Gasteiger partial charge in [0.25, 0.3) is 0 Å². The van der Waals surface area contributed by atoms with Crippen LogP contribution in [0, 0.1) is 0 Å². The molecule has 6 heteroatoms. The van der Waals surface area contributed by atoms with E-state index in [0.717, 1.165) is 21.1 Å². The van der Waals surface area contributed by atoms with Gasteiger partial charge < -0.3 is 17.8 Å². The van der Waals surface area contributed by atoms with Crippen LogP contribution in [0.25, 0.3) is 0 Å². The van der Waals surface area contributed by atoms with Gasteiger partial charge in [0, 0.05) is 39.4 Å². The van der Waals surface area contributed by atoms with Gasteiger partial charge in [0.1, 0.15) is 0 Å². The smallest absolute Gasteiger partial charge is 0.367 e. The highest BCUT2D eigenvalue weighted by Gasteiger charge is 2.47. The molecule has 4 nitrogen and oxygen atoms in total. The standard InChI is InChI=1S/C27H35O4PSi/c1-21(2)29-33(30-22(3)4,31-23(5)6)27-19-17-26(18-20-27)32(28,24-13-9-7-10-14-24)25-15-11-8-12-16-25/h7-23H,1-6H3. The van der Waals surface area contributed by atoms with E-state index in [4.69, 9.17) is 13.3 Å². The first-order valence-electron chi connectivity index (χ1n) is 11.5. The molecule has 0 saturated carbocycles. The second-order valence-electron chi connectivity index (χ2n) is 8.88. The van der Waals surface area contributed by atoms with Crippen LogP contribution < -0.4 is 21.1 Å². The van der Waals surface area contributed by atoms with Crippen molar-refractivity contribution in [1.82, 2.24) is 0 Å². The Kier molecular flexibility index (Phi) is 8.49. The van der Waals surface area contributed by atoms with Crippen molar-refractivity contribution in [2.24, 2.45) is 0 Å². The summed E-state index contributed by atoms with van der Waals surface area (Å²) in [5.41, 5.74) is 0. The normalized spacial score (nSPS) is 12.6. The molecule has 0 aliphatic heterocycles. The molecule has 3 aromatic carbocycles. The van der Waals surface area contributed by atoms with Crippen LogP contribution in [0.1, 0.15) is 41.5 Å². The Morgan fingerprint density at radius 3 is 1.21 bits per heavy atom. The zero-order valence-electron chi connectivity index (χ0n) is 20.4. The topological polar surface area (TPSA) is 44.8 Å². The summed E-state index contributed by atoms with van der Waals surface area (Å²) < 4.78 is 33.7. The maximum absolute atomic E-state index is 14.6. The molecule has 0 radical (unpaired) electrons. The Morgan fingerprint density at radius 2 is 0.879 bits per heavy atom. The van der Waals surface area contributed by atoms with Crippen LogP contribution in [0.2, 0.25) is 0 Å². The molecule has 0 spiro atoms. The van der Waals surface area contributed by atoms with Gasteiger partial charge in [0.05, 0.1) is 0 Å². The van der Waals surface area contributed by atoms with E-state index >= 15 is 0 Å². The van der Waals surface area contributed by atoms with E-state index < -0.39 is 15.9 Å². The molecule has 0 aromatic heterocycles. The number of hydrogen-bond acceptors (Lipinski definition) is 4. The van der Waals surface area contributed by atoms with E-state index in [1.807, 2.05) is 126 Å². The average molecular weight is 483 g/mol. The van der Waals surface area contributed by atoms with Crippen molar-refractivity contribution < 1.29 is 17.8 Å². The second kappa shape index (κ2) is 10.9. The van der Waals surface area contributed by atoms with E-state index in [2.05, 4.69) is 0 Å². The molecular formula is C27H35O4PSi. The van der Waals surface area contributed by atoms with E-state index in [9.17, 15) is 4.57 Å². The molecule has 176 valence electrons. The van der Waals surface area contributed by atoms with Crippen LogP contribution in [-0.4, -0.2) is 27.1 Å². The largest absolute Gasteiger partial charge is 0.537 e. The van der Waals surface area contributed by atoms with Gasteiger partial charge in [-0.1, -0.05) is 84.9 Å². The summed E-state index contributed by atoms with van der Waals surface area (Å²) in [6.45, 7) is 11.9. The fourth-order valence-corrected chi connectivity index (χ4v) is 9.48. The van der Waals surface area contributed by atoms with Crippen LogP contribution in [0.15, 0.2) is 84.9 Å². The summed E-state index contributed by atoms with van der Waals surface area (Å²) in [4.78, 5) is 0. The molecule has 0 aliphatic carbocycles. The Bertz CT molecular complexity index is 980. The number of hydrogen-bond donors (Lipinski definition) is 0. The van der Waals surface area contributed by atoms with Gasteiger partial charge in [-0.25, -0.2) is 0 Å². The van der Waals surface area contributed by atoms with Crippen molar-refractivity contribution in [1.29, 1.82) is 0 Å². The fourth-order valence-electron chi connectivity index (χ4n) is 3.82. The highest BCUT2D eigenvalue weighted by Crippen LogP contribution is 2.42. The van der Waals surface area contributed by atoms with Crippen LogP contribution in [0.4, 0.5) is 0 Å². The second-order valence-corrected chi connectivity index (χ2v) is 14.0. The molecule has 0 bridgehead atoms. The lowest BCUT2D eigenvalue weighted by Crippen LogP contribution is -2.60. The van der Waals surface area contributed by atoms with Gasteiger partial charge in [0.2, 0.25) is 0 Å². The third-order valence-electron chi connectivity index (χ3n) is 5.00. The van der Waals surface area contributed by atoms with Crippen molar-refractivity contribution >= 4 is 37.0 Å². The summed E-state index contributed by atoms with van der Waals surface area (Å²) in [6.07, 6.45) is -0.185. The highest BCUT2D eigenvalue weighted by atomic mass is 31.2. The van der Waals surface area contributed by atoms with E-state index in [1.165, 1.54) is 0 Å². The van der Waals surface area contributed by atoms with E-state index in [1.54, 1.807) is 0 Å². The van der Waals surface area contributed by atoms with Gasteiger partial charge in [-0.3, -0.25) is 0 Å². The summed E-state index contributed by atoms with van der Waals surface area (Å²) in [5.74, 6) is 0. The lowest BCUT2D eigenvalue weighted by molar-refractivity contribution is 0.0153. The van der Waals surface area contributed by atoms with Crippen LogP contribution in [-0.2, 0) is 17.8 Å². The lowest BCUT2D eigenvalue weighted by atomic mass is 10.3. The molecule has 0 aliphatic rings. The Labute approximate surface area is 199 Å². The Hall–Kier alpha value is -2.01. The maximum atomic E-state index is 14.6. The van der Waals surface area contributed by atoms with Gasteiger partial charge in [-0.05, 0) is 41.5 Å². The molecule has 3 aromatic rings. The molecule has 0 fully saturated rings. The minimum absolute atomic E-state index is 0.0615. The maximum Gasteiger partial charge on any atom is 0.537 e. The van der Waals surface area contributed by atoms with Crippen LogP contribution in [0.3, 0.4) is 0 Å². The third-order valence-corrected chi connectivity index (χ3v) is 11.5. The number of rotatable bonds is 10. The first-order chi connectivity index (χ1) is 15.7. The third kappa shape index (κ3) is 5.92. The highest BCUT2D eigenvalue weighted by molar-refractivity contribution is 7.85. The zero-order chi connectivity index (χ0) is 24.1. The Balaban J connectivity index is 2.13. The quantitative estimate of drug-likeness (QED) is 0.309. The summed E-state index contributed by atoms with van der Waals surface area (Å²) in [6, 6.07) is 27.2. The molecule has 33 heavy (non-hydrogen) atoms. The summed E-state index contributed by atoms with van der Waals surface area (Å²) in [5, 5.41) is 3.26. The van der Waals surface area contributed by atoms with Crippen molar-refractivity contribution in [3.8, 4) is 0 Å². The minimum atomic E-state index is -3.19. The van der Waals surface area contributed by atoms with Crippen LogP contribution in [0.5, 0.6) is 0 Å². The molecule has 0 N–H and O–H groups in total. The van der Waals surface area contributed by atoms with Crippen molar-refractivity contribution in [2.45, 2.75) is 59.9 Å². The zero-order valence-corrected chi connectivity index (χ0v) is 22.3. The summed E-state index contributed by atoms with van der Waals surface area (Å²) in [7, 11) is -6.23. The van der Waals surface area contributed by atoms with E-state index in [-0.39, 0.29) is 18.3 Å². The van der Waals surface area contributed by atoms with Gasteiger partial charge in [0.15, 0.2) is 7.14 Å². The monoisotopic (exact) mass is 482 g/mol. The van der Waals surface area contributed by atoms with Gasteiger partial charge in [-0.15, -0.1) is 0 Å². The molecule has 0 saturated heterocycles. The van der Waals surface area contributed by atoms with E-state index in [0.29, 0.717) is 0 Å². The van der Waals surface area contributed by atoms with Crippen molar-refractivity contribution in [3.63, 3.8) is 0 Å². The molecule has 0 unspecified atom stereocenters. The molecule has 3 rings (SSSR count). The first-order valence-corrected chi connectivity index (χ1v) is 15.0. The average Bonchev–Trinajstić information content (AvgIpc) is 2.78. The van der Waals surface area contributed by atoms with Crippen molar-refractivity contribution in [2.75, 3.05) is 0 Å². The predicted octanol–water partition coefficient (Wildman–Crippen LogP) is 4.75. The summed E-state index contributed by atoms with van der Waals surface area (Å²) >= 11 is 0. The van der Waals surface area contributed by atoms with Gasteiger partial charge in [-0.2, -0.15) is 0 Å². The lowest BCUT2D eigenvalue weighted by Gasteiger charge is -2.34. The minimum Gasteiger partial charge on any atom is -0.367 e. The Morgan fingerprint density at radius 1 is 0.545 bits per heavy atom. The first kappa shape index (κ1) is 25.6. The number of benzene rings is 3. The van der Waals surface area contributed by atoms with Crippen LogP contribution >= 0.6 is 7.14 Å². The molecular weight excluding hydrogens is 447 g/mol.